The van der Waals surface area contributed by atoms with E-state index in [-0.39, 0.29) is 11.4 Å². The molecule has 0 amide bonds. The Bertz CT molecular complexity index is 1030. The monoisotopic (exact) mass is 419 g/mol. The average molecular weight is 420 g/mol. The molecule has 27 heavy (non-hydrogen) atoms. The van der Waals surface area contributed by atoms with Crippen molar-refractivity contribution < 1.29 is 8.42 Å². The average Bonchev–Trinajstić information content (AvgIpc) is 2.63. The van der Waals surface area contributed by atoms with Crippen LogP contribution in [0.3, 0.4) is 0 Å². The summed E-state index contributed by atoms with van der Waals surface area (Å²) in [6.07, 6.45) is 0. The van der Waals surface area contributed by atoms with Gasteiger partial charge in [-0.3, -0.25) is 4.31 Å². The zero-order chi connectivity index (χ0) is 19.6. The molecule has 3 nitrogen and oxygen atoms in total. The first-order valence-electron chi connectivity index (χ1n) is 8.39. The summed E-state index contributed by atoms with van der Waals surface area (Å²) < 4.78 is 28.4. The molecule has 0 atom stereocenters. The van der Waals surface area contributed by atoms with Crippen molar-refractivity contribution in [1.29, 1.82) is 0 Å². The van der Waals surface area contributed by atoms with E-state index in [4.69, 9.17) is 23.2 Å². The number of aryl methyl sites for hydroxylation is 2. The van der Waals surface area contributed by atoms with Crippen LogP contribution in [-0.2, 0) is 16.6 Å². The zero-order valence-electron chi connectivity index (χ0n) is 15.0. The van der Waals surface area contributed by atoms with Gasteiger partial charge in [-0.15, -0.1) is 0 Å². The number of para-hydroxylation sites is 1. The second-order valence-electron chi connectivity index (χ2n) is 6.27. The number of sulfonamides is 1. The van der Waals surface area contributed by atoms with Crippen LogP contribution in [0.5, 0.6) is 0 Å². The van der Waals surface area contributed by atoms with Crippen LogP contribution in [0.1, 0.15) is 16.7 Å². The molecule has 0 fully saturated rings. The van der Waals surface area contributed by atoms with Crippen LogP contribution in [0.25, 0.3) is 0 Å². The van der Waals surface area contributed by atoms with Gasteiger partial charge in [0.25, 0.3) is 10.0 Å². The molecule has 3 aromatic rings. The molecule has 3 aromatic carbocycles. The van der Waals surface area contributed by atoms with Crippen molar-refractivity contribution in [1.82, 2.24) is 0 Å². The molecule has 0 saturated carbocycles. The number of hydrogen-bond acceptors (Lipinski definition) is 2. The SMILES string of the molecule is Cc1cccc(C)c1N(Cc1c(Cl)cccc1Cl)S(=O)(=O)c1ccccc1. The predicted molar refractivity (Wildman–Crippen MR) is 112 cm³/mol. The molecule has 0 spiro atoms. The molecule has 0 bridgehead atoms. The normalized spacial score (nSPS) is 11.4. The number of rotatable bonds is 5. The number of nitrogens with zero attached hydrogens (tertiary/aromatic N) is 1. The van der Waals surface area contributed by atoms with Crippen LogP contribution in [-0.4, -0.2) is 8.42 Å². The Labute approximate surface area is 170 Å². The Balaban J connectivity index is 2.22. The third-order valence-corrected chi connectivity index (χ3v) is 6.85. The highest BCUT2D eigenvalue weighted by Gasteiger charge is 2.28. The summed E-state index contributed by atoms with van der Waals surface area (Å²) in [6, 6.07) is 19.2. The molecule has 140 valence electrons. The Morgan fingerprint density at radius 2 is 1.30 bits per heavy atom. The maximum atomic E-state index is 13.5. The van der Waals surface area contributed by atoms with Gasteiger partial charge in [-0.25, -0.2) is 8.42 Å². The van der Waals surface area contributed by atoms with Gasteiger partial charge in [0.1, 0.15) is 0 Å². The molecule has 0 aliphatic heterocycles. The van der Waals surface area contributed by atoms with Crippen LogP contribution in [0.15, 0.2) is 71.6 Å². The first-order chi connectivity index (χ1) is 12.8. The van der Waals surface area contributed by atoms with Crippen molar-refractivity contribution in [2.75, 3.05) is 4.31 Å². The van der Waals surface area contributed by atoms with Gasteiger partial charge in [-0.2, -0.15) is 0 Å². The summed E-state index contributed by atoms with van der Waals surface area (Å²) >= 11 is 12.7. The quantitative estimate of drug-likeness (QED) is 0.507. The topological polar surface area (TPSA) is 37.4 Å². The van der Waals surface area contributed by atoms with Crippen molar-refractivity contribution in [3.05, 3.63) is 93.5 Å². The first-order valence-corrected chi connectivity index (χ1v) is 10.6. The lowest BCUT2D eigenvalue weighted by Gasteiger charge is -2.28. The molecule has 0 N–H and O–H groups in total. The van der Waals surface area contributed by atoms with Crippen LogP contribution >= 0.6 is 23.2 Å². The minimum Gasteiger partial charge on any atom is -0.261 e. The fraction of sp³-hybridized carbons (Fsp3) is 0.143. The second kappa shape index (κ2) is 7.93. The fourth-order valence-corrected chi connectivity index (χ4v) is 5.13. The molecule has 6 heteroatoms. The van der Waals surface area contributed by atoms with Crippen molar-refractivity contribution in [3.8, 4) is 0 Å². The van der Waals surface area contributed by atoms with E-state index < -0.39 is 10.0 Å². The Morgan fingerprint density at radius 1 is 0.778 bits per heavy atom. The van der Waals surface area contributed by atoms with Gasteiger partial charge in [0, 0.05) is 15.6 Å². The maximum Gasteiger partial charge on any atom is 0.264 e. The van der Waals surface area contributed by atoms with Gasteiger partial charge < -0.3 is 0 Å². The molecule has 0 radical (unpaired) electrons. The summed E-state index contributed by atoms with van der Waals surface area (Å²) in [4.78, 5) is 0.218. The zero-order valence-corrected chi connectivity index (χ0v) is 17.3. The minimum absolute atomic E-state index is 0.0431. The first kappa shape index (κ1) is 19.7. The lowest BCUT2D eigenvalue weighted by atomic mass is 10.1. The third-order valence-electron chi connectivity index (χ3n) is 4.38. The van der Waals surface area contributed by atoms with E-state index in [9.17, 15) is 8.42 Å². The predicted octanol–water partition coefficient (Wildman–Crippen LogP) is 6.01. The van der Waals surface area contributed by atoms with Crippen molar-refractivity contribution >= 4 is 38.9 Å². The summed E-state index contributed by atoms with van der Waals surface area (Å²) in [5, 5.41) is 0.865. The van der Waals surface area contributed by atoms with Crippen molar-refractivity contribution in [2.24, 2.45) is 0 Å². The third kappa shape index (κ3) is 3.98. The minimum atomic E-state index is -3.81. The lowest BCUT2D eigenvalue weighted by Crippen LogP contribution is -2.32. The highest BCUT2D eigenvalue weighted by atomic mass is 35.5. The van der Waals surface area contributed by atoms with E-state index in [2.05, 4.69) is 0 Å². The van der Waals surface area contributed by atoms with E-state index in [1.54, 1.807) is 48.5 Å². The summed E-state index contributed by atoms with van der Waals surface area (Å²) in [5.41, 5.74) is 2.93. The highest BCUT2D eigenvalue weighted by Crippen LogP contribution is 2.34. The van der Waals surface area contributed by atoms with E-state index >= 15 is 0 Å². The number of anilines is 1. The fourth-order valence-electron chi connectivity index (χ4n) is 3.03. The van der Waals surface area contributed by atoms with Crippen LogP contribution in [0.4, 0.5) is 5.69 Å². The van der Waals surface area contributed by atoms with Crippen LogP contribution < -0.4 is 4.31 Å². The highest BCUT2D eigenvalue weighted by molar-refractivity contribution is 7.92. The van der Waals surface area contributed by atoms with E-state index in [0.717, 1.165) is 11.1 Å². The largest absolute Gasteiger partial charge is 0.264 e. The molecule has 0 saturated heterocycles. The molecule has 0 aromatic heterocycles. The molecule has 0 heterocycles. The number of halogens is 2. The van der Waals surface area contributed by atoms with Crippen LogP contribution in [0.2, 0.25) is 10.0 Å². The van der Waals surface area contributed by atoms with Gasteiger partial charge in [0.15, 0.2) is 0 Å². The van der Waals surface area contributed by atoms with Crippen LogP contribution in [0, 0.1) is 13.8 Å². The Morgan fingerprint density at radius 3 is 1.85 bits per heavy atom. The standard InChI is InChI=1S/C21H19Cl2NO2S/c1-15-8-6-9-16(2)21(15)24(14-18-19(22)12-7-13-20(18)23)27(25,26)17-10-4-3-5-11-17/h3-13H,14H2,1-2H3. The maximum absolute atomic E-state index is 13.5. The Hall–Kier alpha value is -2.01. The summed E-state index contributed by atoms with van der Waals surface area (Å²) in [7, 11) is -3.81. The smallest absolute Gasteiger partial charge is 0.261 e. The lowest BCUT2D eigenvalue weighted by molar-refractivity contribution is 0.590. The van der Waals surface area contributed by atoms with E-state index in [1.165, 1.54) is 4.31 Å². The van der Waals surface area contributed by atoms with Gasteiger partial charge in [0.2, 0.25) is 0 Å². The van der Waals surface area contributed by atoms with E-state index in [0.29, 0.717) is 21.3 Å². The second-order valence-corrected chi connectivity index (χ2v) is 8.94. The van der Waals surface area contributed by atoms with Gasteiger partial charge >= 0.3 is 0 Å². The van der Waals surface area contributed by atoms with Gasteiger partial charge in [0.05, 0.1) is 17.1 Å². The van der Waals surface area contributed by atoms with Gasteiger partial charge in [-0.05, 0) is 49.2 Å². The summed E-state index contributed by atoms with van der Waals surface area (Å²) in [5.74, 6) is 0. The molecular formula is C21H19Cl2NO2S. The Kier molecular flexibility index (Phi) is 5.80. The van der Waals surface area contributed by atoms with Gasteiger partial charge in [-0.1, -0.05) is 65.7 Å². The molecule has 0 aliphatic rings. The molecule has 0 aliphatic carbocycles. The number of benzene rings is 3. The van der Waals surface area contributed by atoms with E-state index in [1.807, 2.05) is 32.0 Å². The summed E-state index contributed by atoms with van der Waals surface area (Å²) in [6.45, 7) is 3.83. The molecular weight excluding hydrogens is 401 g/mol. The number of hydrogen-bond donors (Lipinski definition) is 0. The molecule has 0 unspecified atom stereocenters. The van der Waals surface area contributed by atoms with Crippen molar-refractivity contribution in [2.45, 2.75) is 25.3 Å². The molecule has 3 rings (SSSR count). The van der Waals surface area contributed by atoms with Crippen molar-refractivity contribution in [3.63, 3.8) is 0 Å².